The zero-order chi connectivity index (χ0) is 13.1. The summed E-state index contributed by atoms with van der Waals surface area (Å²) in [5.41, 5.74) is -1.17. The van der Waals surface area contributed by atoms with Crippen LogP contribution >= 0.6 is 0 Å². The van der Waals surface area contributed by atoms with Crippen LogP contribution in [0, 0.1) is 5.41 Å². The predicted molar refractivity (Wildman–Crippen MR) is 60.0 cm³/mol. The fourth-order valence-electron chi connectivity index (χ4n) is 1.77. The minimum absolute atomic E-state index is 0.255. The molecule has 1 rings (SSSR count). The normalized spacial score (nSPS) is 16.6. The number of amides is 2. The molecule has 0 unspecified atom stereocenters. The predicted octanol–water partition coefficient (Wildman–Crippen LogP) is -0.514. The molecule has 0 saturated carbocycles. The number of piperazine rings is 1. The second kappa shape index (κ2) is 5.16. The second-order valence-electron chi connectivity index (χ2n) is 4.55. The van der Waals surface area contributed by atoms with Crippen LogP contribution in [0.1, 0.15) is 13.8 Å². The quantitative estimate of drug-likeness (QED) is 0.379. The van der Waals surface area contributed by atoms with Crippen molar-refractivity contribution in [2.45, 2.75) is 13.8 Å². The molecule has 0 aromatic carbocycles. The summed E-state index contributed by atoms with van der Waals surface area (Å²) in [6.45, 7) is 5.02. The van der Waals surface area contributed by atoms with Crippen molar-refractivity contribution in [3.8, 4) is 0 Å². The maximum absolute atomic E-state index is 12.1. The third kappa shape index (κ3) is 2.75. The minimum atomic E-state index is -1.17. The minimum Gasteiger partial charge on any atom is -0.468 e. The standard InChI is InChI=1S/C11H18N2O4/c1-11(2,10(16)17-3)9(15)13-6-4-12(8-14)5-7-13/h8H,4-7H2,1-3H3. The number of carbonyl (C=O) groups is 3. The molecule has 96 valence electrons. The molecule has 0 spiro atoms. The fourth-order valence-corrected chi connectivity index (χ4v) is 1.77. The van der Waals surface area contributed by atoms with Crippen molar-refractivity contribution < 1.29 is 19.1 Å². The van der Waals surface area contributed by atoms with E-state index in [9.17, 15) is 14.4 Å². The van der Waals surface area contributed by atoms with Crippen molar-refractivity contribution >= 4 is 18.3 Å². The highest BCUT2D eigenvalue weighted by Crippen LogP contribution is 2.21. The van der Waals surface area contributed by atoms with Crippen molar-refractivity contribution in [1.82, 2.24) is 9.80 Å². The molecule has 1 aliphatic heterocycles. The first-order chi connectivity index (χ1) is 7.93. The summed E-state index contributed by atoms with van der Waals surface area (Å²) in [7, 11) is 1.27. The van der Waals surface area contributed by atoms with Crippen molar-refractivity contribution in [2.24, 2.45) is 5.41 Å². The number of esters is 1. The molecular weight excluding hydrogens is 224 g/mol. The van der Waals surface area contributed by atoms with Gasteiger partial charge in [0, 0.05) is 26.2 Å². The highest BCUT2D eigenvalue weighted by atomic mass is 16.5. The molecule has 6 heteroatoms. The molecule has 6 nitrogen and oxygen atoms in total. The summed E-state index contributed by atoms with van der Waals surface area (Å²) >= 11 is 0. The van der Waals surface area contributed by atoms with Gasteiger partial charge in [0.15, 0.2) is 0 Å². The zero-order valence-corrected chi connectivity index (χ0v) is 10.4. The molecule has 0 atom stereocenters. The number of methoxy groups -OCH3 is 1. The first-order valence-corrected chi connectivity index (χ1v) is 5.50. The molecule has 0 aliphatic carbocycles. The van der Waals surface area contributed by atoms with E-state index in [4.69, 9.17) is 0 Å². The van der Waals surface area contributed by atoms with Gasteiger partial charge in [0.2, 0.25) is 12.3 Å². The number of carbonyl (C=O) groups excluding carboxylic acids is 3. The van der Waals surface area contributed by atoms with E-state index >= 15 is 0 Å². The summed E-state index contributed by atoms with van der Waals surface area (Å²) in [5.74, 6) is -0.796. The lowest BCUT2D eigenvalue weighted by molar-refractivity contribution is -0.161. The summed E-state index contributed by atoms with van der Waals surface area (Å²) in [6, 6.07) is 0. The lowest BCUT2D eigenvalue weighted by atomic mass is 9.91. The first kappa shape index (κ1) is 13.5. The van der Waals surface area contributed by atoms with Crippen LogP contribution in [0.3, 0.4) is 0 Å². The van der Waals surface area contributed by atoms with Crippen molar-refractivity contribution in [3.63, 3.8) is 0 Å². The molecule has 2 amide bonds. The van der Waals surface area contributed by atoms with E-state index in [1.807, 2.05) is 0 Å². The number of ether oxygens (including phenoxy) is 1. The molecule has 0 aromatic rings. The van der Waals surface area contributed by atoms with E-state index < -0.39 is 11.4 Å². The lowest BCUT2D eigenvalue weighted by Gasteiger charge is -2.36. The molecule has 1 aliphatic rings. The topological polar surface area (TPSA) is 66.9 Å². The van der Waals surface area contributed by atoms with Gasteiger partial charge in [0.25, 0.3) is 0 Å². The molecule has 0 aromatic heterocycles. The van der Waals surface area contributed by atoms with E-state index in [2.05, 4.69) is 4.74 Å². The third-order valence-electron chi connectivity index (χ3n) is 2.98. The highest BCUT2D eigenvalue weighted by molar-refractivity contribution is 6.01. The van der Waals surface area contributed by atoms with E-state index in [0.29, 0.717) is 26.2 Å². The summed E-state index contributed by atoms with van der Waals surface area (Å²) in [4.78, 5) is 37.4. The number of rotatable bonds is 3. The Labute approximate surface area is 101 Å². The van der Waals surface area contributed by atoms with Gasteiger partial charge < -0.3 is 14.5 Å². The van der Waals surface area contributed by atoms with Gasteiger partial charge in [0.05, 0.1) is 7.11 Å². The monoisotopic (exact) mass is 242 g/mol. The Bertz CT molecular complexity index is 319. The van der Waals surface area contributed by atoms with Crippen LogP contribution in [-0.2, 0) is 19.1 Å². The van der Waals surface area contributed by atoms with E-state index in [1.165, 1.54) is 7.11 Å². The fraction of sp³-hybridized carbons (Fsp3) is 0.727. The van der Waals surface area contributed by atoms with Crippen LogP contribution in [0.4, 0.5) is 0 Å². The summed E-state index contributed by atoms with van der Waals surface area (Å²) in [5, 5.41) is 0. The van der Waals surface area contributed by atoms with Gasteiger partial charge in [0.1, 0.15) is 5.41 Å². The van der Waals surface area contributed by atoms with Gasteiger partial charge in [-0.1, -0.05) is 0 Å². The Morgan fingerprint density at radius 2 is 1.71 bits per heavy atom. The van der Waals surface area contributed by atoms with Gasteiger partial charge in [-0.15, -0.1) is 0 Å². The van der Waals surface area contributed by atoms with Crippen LogP contribution in [0.15, 0.2) is 0 Å². The second-order valence-corrected chi connectivity index (χ2v) is 4.55. The molecule has 1 saturated heterocycles. The lowest BCUT2D eigenvalue weighted by Crippen LogP contribution is -2.53. The van der Waals surface area contributed by atoms with E-state index in [-0.39, 0.29) is 5.91 Å². The molecule has 1 heterocycles. The van der Waals surface area contributed by atoms with Crippen LogP contribution in [0.25, 0.3) is 0 Å². The van der Waals surface area contributed by atoms with Crippen molar-refractivity contribution in [3.05, 3.63) is 0 Å². The van der Waals surface area contributed by atoms with Crippen LogP contribution in [0.5, 0.6) is 0 Å². The van der Waals surface area contributed by atoms with Crippen LogP contribution < -0.4 is 0 Å². The van der Waals surface area contributed by atoms with Gasteiger partial charge in [-0.3, -0.25) is 14.4 Å². The van der Waals surface area contributed by atoms with E-state index in [0.717, 1.165) is 6.41 Å². The average molecular weight is 242 g/mol. The van der Waals surface area contributed by atoms with Crippen LogP contribution in [0.2, 0.25) is 0 Å². The highest BCUT2D eigenvalue weighted by Gasteiger charge is 2.40. The third-order valence-corrected chi connectivity index (χ3v) is 2.98. The Balaban J connectivity index is 2.65. The Kier molecular flexibility index (Phi) is 4.09. The summed E-state index contributed by atoms with van der Waals surface area (Å²) in [6.07, 6.45) is 0.771. The van der Waals surface area contributed by atoms with E-state index in [1.54, 1.807) is 23.6 Å². The number of hydrogen-bond donors (Lipinski definition) is 0. The van der Waals surface area contributed by atoms with Gasteiger partial charge in [-0.25, -0.2) is 0 Å². The molecule has 17 heavy (non-hydrogen) atoms. The van der Waals surface area contributed by atoms with Gasteiger partial charge in [-0.05, 0) is 13.8 Å². The van der Waals surface area contributed by atoms with Gasteiger partial charge >= 0.3 is 5.97 Å². The maximum atomic E-state index is 12.1. The zero-order valence-electron chi connectivity index (χ0n) is 10.4. The molecule has 0 bridgehead atoms. The Morgan fingerprint density at radius 3 is 2.12 bits per heavy atom. The Hall–Kier alpha value is -1.59. The Morgan fingerprint density at radius 1 is 1.18 bits per heavy atom. The SMILES string of the molecule is COC(=O)C(C)(C)C(=O)N1CCN(C=O)CC1. The number of nitrogens with zero attached hydrogens (tertiary/aromatic N) is 2. The molecular formula is C11H18N2O4. The van der Waals surface area contributed by atoms with Gasteiger partial charge in [-0.2, -0.15) is 0 Å². The molecule has 1 fully saturated rings. The van der Waals surface area contributed by atoms with Crippen molar-refractivity contribution in [1.29, 1.82) is 0 Å². The smallest absolute Gasteiger partial charge is 0.320 e. The molecule has 0 radical (unpaired) electrons. The number of hydrogen-bond acceptors (Lipinski definition) is 4. The maximum Gasteiger partial charge on any atom is 0.320 e. The van der Waals surface area contributed by atoms with Crippen LogP contribution in [-0.4, -0.2) is 61.4 Å². The average Bonchev–Trinajstić information content (AvgIpc) is 2.36. The first-order valence-electron chi connectivity index (χ1n) is 5.50. The largest absolute Gasteiger partial charge is 0.468 e. The summed E-state index contributed by atoms with van der Waals surface area (Å²) < 4.78 is 4.62. The molecule has 0 N–H and O–H groups in total. The van der Waals surface area contributed by atoms with Crippen molar-refractivity contribution in [2.75, 3.05) is 33.3 Å².